The first kappa shape index (κ1) is 16.2. The van der Waals surface area contributed by atoms with Crippen LogP contribution in [-0.4, -0.2) is 46.5 Å². The van der Waals surface area contributed by atoms with Gasteiger partial charge in [0.05, 0.1) is 17.9 Å². The van der Waals surface area contributed by atoms with Crippen LogP contribution in [0, 0.1) is 0 Å². The number of methoxy groups -OCH3 is 1. The van der Waals surface area contributed by atoms with Crippen molar-refractivity contribution >= 4 is 11.9 Å². The van der Waals surface area contributed by atoms with Gasteiger partial charge in [-0.05, 0) is 31.0 Å². The second-order valence-corrected chi connectivity index (χ2v) is 5.75. The van der Waals surface area contributed by atoms with E-state index in [0.29, 0.717) is 11.6 Å². The molecule has 0 aliphatic heterocycles. The Hall–Kier alpha value is -2.67. The smallest absolute Gasteiger partial charge is 0.334 e. The molecule has 1 aliphatic carbocycles. The number of aliphatic carboxylic acids is 1. The lowest BCUT2D eigenvalue weighted by Gasteiger charge is -2.12. The summed E-state index contributed by atoms with van der Waals surface area (Å²) in [6, 6.07) is 11.2. The molecule has 1 atom stereocenters. The molecule has 1 unspecified atom stereocenters. The Kier molecular flexibility index (Phi) is 4.61. The molecule has 0 radical (unpaired) electrons. The summed E-state index contributed by atoms with van der Waals surface area (Å²) in [5, 5.41) is 16.1. The van der Waals surface area contributed by atoms with Crippen LogP contribution in [-0.2, 0) is 9.53 Å². The molecule has 1 aromatic heterocycles. The molecule has 2 aromatic rings. The van der Waals surface area contributed by atoms with E-state index in [0.717, 1.165) is 24.2 Å². The van der Waals surface area contributed by atoms with Gasteiger partial charge in [-0.15, -0.1) is 0 Å². The standard InChI is InChI=1S/C17H19N3O4/c1-24-15(17(22)23)10-18-16(21)14-9-13(11-7-8-11)19-20(14)12-5-3-2-4-6-12/h2-6,9,11,15H,7-8,10H2,1H3,(H,18,21)(H,22,23). The Morgan fingerprint density at radius 1 is 1.38 bits per heavy atom. The minimum atomic E-state index is -1.12. The van der Waals surface area contributed by atoms with Gasteiger partial charge in [0, 0.05) is 13.0 Å². The number of benzene rings is 1. The molecule has 7 nitrogen and oxygen atoms in total. The molecule has 0 saturated heterocycles. The molecule has 1 fully saturated rings. The van der Waals surface area contributed by atoms with Gasteiger partial charge < -0.3 is 15.2 Å². The highest BCUT2D eigenvalue weighted by Crippen LogP contribution is 2.39. The zero-order valence-electron chi connectivity index (χ0n) is 13.3. The summed E-state index contributed by atoms with van der Waals surface area (Å²) < 4.78 is 6.43. The van der Waals surface area contributed by atoms with Crippen molar-refractivity contribution in [3.05, 3.63) is 47.8 Å². The second kappa shape index (κ2) is 6.84. The van der Waals surface area contributed by atoms with Crippen LogP contribution in [0.3, 0.4) is 0 Å². The normalized spacial score (nSPS) is 15.0. The molecular weight excluding hydrogens is 310 g/mol. The van der Waals surface area contributed by atoms with E-state index in [1.807, 2.05) is 30.3 Å². The van der Waals surface area contributed by atoms with E-state index in [4.69, 9.17) is 9.84 Å². The number of ether oxygens (including phenoxy) is 1. The van der Waals surface area contributed by atoms with E-state index < -0.39 is 12.1 Å². The lowest BCUT2D eigenvalue weighted by atomic mass is 10.2. The average molecular weight is 329 g/mol. The molecule has 3 rings (SSSR count). The third-order valence-electron chi connectivity index (χ3n) is 3.97. The van der Waals surface area contributed by atoms with E-state index in [1.165, 1.54) is 7.11 Å². The molecule has 24 heavy (non-hydrogen) atoms. The highest BCUT2D eigenvalue weighted by atomic mass is 16.5. The third kappa shape index (κ3) is 3.46. The number of para-hydroxylation sites is 1. The summed E-state index contributed by atoms with van der Waals surface area (Å²) >= 11 is 0. The molecule has 1 saturated carbocycles. The largest absolute Gasteiger partial charge is 0.479 e. The predicted octanol–water partition coefficient (Wildman–Crippen LogP) is 1.58. The fourth-order valence-electron chi connectivity index (χ4n) is 2.45. The first-order valence-corrected chi connectivity index (χ1v) is 7.79. The maximum absolute atomic E-state index is 12.5. The van der Waals surface area contributed by atoms with E-state index >= 15 is 0 Å². The fourth-order valence-corrected chi connectivity index (χ4v) is 2.45. The molecule has 1 amide bonds. The molecule has 2 N–H and O–H groups in total. The number of carboxylic acid groups (broad SMARTS) is 1. The van der Waals surface area contributed by atoms with Crippen LogP contribution in [0.2, 0.25) is 0 Å². The monoisotopic (exact) mass is 329 g/mol. The van der Waals surface area contributed by atoms with Gasteiger partial charge >= 0.3 is 5.97 Å². The molecule has 1 aliphatic rings. The Balaban J connectivity index is 1.83. The van der Waals surface area contributed by atoms with Gasteiger partial charge in [0.2, 0.25) is 0 Å². The Morgan fingerprint density at radius 2 is 2.08 bits per heavy atom. The SMILES string of the molecule is COC(CNC(=O)c1cc(C2CC2)nn1-c1ccccc1)C(=O)O. The topological polar surface area (TPSA) is 93.5 Å². The van der Waals surface area contributed by atoms with Crippen molar-refractivity contribution in [1.29, 1.82) is 0 Å². The molecule has 126 valence electrons. The van der Waals surface area contributed by atoms with Crippen molar-refractivity contribution in [2.24, 2.45) is 0 Å². The number of carbonyl (C=O) groups is 2. The highest BCUT2D eigenvalue weighted by Gasteiger charge is 2.29. The van der Waals surface area contributed by atoms with E-state index in [1.54, 1.807) is 10.7 Å². The Morgan fingerprint density at radius 3 is 2.67 bits per heavy atom. The molecule has 1 heterocycles. The first-order chi connectivity index (χ1) is 11.6. The number of hydrogen-bond donors (Lipinski definition) is 2. The molecule has 1 aromatic carbocycles. The van der Waals surface area contributed by atoms with Gasteiger partial charge in [0.1, 0.15) is 5.69 Å². The quantitative estimate of drug-likeness (QED) is 0.804. The Labute approximate surface area is 139 Å². The summed E-state index contributed by atoms with van der Waals surface area (Å²) in [5.74, 6) is -1.08. The number of rotatable bonds is 7. The van der Waals surface area contributed by atoms with Crippen molar-refractivity contribution in [3.8, 4) is 5.69 Å². The average Bonchev–Trinajstić information content (AvgIpc) is 3.34. The van der Waals surface area contributed by atoms with Crippen molar-refractivity contribution in [2.45, 2.75) is 24.9 Å². The maximum atomic E-state index is 12.5. The maximum Gasteiger partial charge on any atom is 0.334 e. The summed E-state index contributed by atoms with van der Waals surface area (Å²) in [7, 11) is 1.30. The number of carbonyl (C=O) groups excluding carboxylic acids is 1. The second-order valence-electron chi connectivity index (χ2n) is 5.75. The fraction of sp³-hybridized carbons (Fsp3) is 0.353. The number of nitrogens with zero attached hydrogens (tertiary/aromatic N) is 2. The number of amides is 1. The summed E-state index contributed by atoms with van der Waals surface area (Å²) in [6.45, 7) is -0.108. The third-order valence-corrected chi connectivity index (χ3v) is 3.97. The molecule has 7 heteroatoms. The van der Waals surface area contributed by atoms with Crippen LogP contribution >= 0.6 is 0 Å². The van der Waals surface area contributed by atoms with Crippen LogP contribution in [0.15, 0.2) is 36.4 Å². The number of nitrogens with one attached hydrogen (secondary N) is 1. The highest BCUT2D eigenvalue weighted by molar-refractivity contribution is 5.93. The van der Waals surface area contributed by atoms with E-state index in [-0.39, 0.29) is 12.5 Å². The summed E-state index contributed by atoms with van der Waals surface area (Å²) in [6.07, 6.45) is 1.08. The van der Waals surface area contributed by atoms with Crippen LogP contribution < -0.4 is 5.32 Å². The minimum absolute atomic E-state index is 0.108. The van der Waals surface area contributed by atoms with Crippen LogP contribution in [0.4, 0.5) is 0 Å². The molecule has 0 spiro atoms. The minimum Gasteiger partial charge on any atom is -0.479 e. The number of carboxylic acids is 1. The van der Waals surface area contributed by atoms with Crippen LogP contribution in [0.1, 0.15) is 34.9 Å². The number of aromatic nitrogens is 2. The molecular formula is C17H19N3O4. The molecule has 0 bridgehead atoms. The van der Waals surface area contributed by atoms with Gasteiger partial charge in [0.15, 0.2) is 6.10 Å². The van der Waals surface area contributed by atoms with Gasteiger partial charge in [-0.3, -0.25) is 4.79 Å². The van der Waals surface area contributed by atoms with Gasteiger partial charge in [-0.25, -0.2) is 9.48 Å². The van der Waals surface area contributed by atoms with E-state index in [9.17, 15) is 9.59 Å². The van der Waals surface area contributed by atoms with Crippen molar-refractivity contribution in [3.63, 3.8) is 0 Å². The van der Waals surface area contributed by atoms with E-state index in [2.05, 4.69) is 10.4 Å². The number of hydrogen-bond acceptors (Lipinski definition) is 4. The van der Waals surface area contributed by atoms with Crippen LogP contribution in [0.25, 0.3) is 5.69 Å². The lowest BCUT2D eigenvalue weighted by molar-refractivity contribution is -0.148. The van der Waals surface area contributed by atoms with Crippen molar-refractivity contribution in [2.75, 3.05) is 13.7 Å². The van der Waals surface area contributed by atoms with Crippen LogP contribution in [0.5, 0.6) is 0 Å². The zero-order valence-corrected chi connectivity index (χ0v) is 13.3. The zero-order chi connectivity index (χ0) is 17.1. The van der Waals surface area contributed by atoms with Crippen molar-refractivity contribution in [1.82, 2.24) is 15.1 Å². The first-order valence-electron chi connectivity index (χ1n) is 7.79. The van der Waals surface area contributed by atoms with Gasteiger partial charge in [-0.2, -0.15) is 5.10 Å². The summed E-state index contributed by atoms with van der Waals surface area (Å²) in [4.78, 5) is 23.5. The van der Waals surface area contributed by atoms with Gasteiger partial charge in [-0.1, -0.05) is 18.2 Å². The Bertz CT molecular complexity index is 738. The van der Waals surface area contributed by atoms with Crippen molar-refractivity contribution < 1.29 is 19.4 Å². The predicted molar refractivity (Wildman–Crippen MR) is 86.3 cm³/mol. The summed E-state index contributed by atoms with van der Waals surface area (Å²) in [5.41, 5.74) is 2.07. The van der Waals surface area contributed by atoms with Gasteiger partial charge in [0.25, 0.3) is 5.91 Å². The lowest BCUT2D eigenvalue weighted by Crippen LogP contribution is -2.38.